The predicted octanol–water partition coefficient (Wildman–Crippen LogP) is 2.97. The fourth-order valence-electron chi connectivity index (χ4n) is 2.71. The number of benzene rings is 1. The maximum Gasteiger partial charge on any atom is 0.185 e. The van der Waals surface area contributed by atoms with Crippen LogP contribution >= 0.6 is 0 Å². The smallest absolute Gasteiger partial charge is 0.185 e. The Bertz CT molecular complexity index is 635. The van der Waals surface area contributed by atoms with Crippen LogP contribution in [0, 0.1) is 56.2 Å². The van der Waals surface area contributed by atoms with Gasteiger partial charge in [0.05, 0.1) is 30.2 Å². The minimum atomic E-state index is -1.56. The van der Waals surface area contributed by atoms with Crippen molar-refractivity contribution in [2.75, 3.05) is 0 Å². The first-order valence-corrected chi connectivity index (χ1v) is 6.28. The molecule has 0 atom stereocenters. The van der Waals surface area contributed by atoms with Crippen LogP contribution in [0.4, 0.5) is 0 Å². The van der Waals surface area contributed by atoms with Crippen LogP contribution < -0.4 is 0 Å². The van der Waals surface area contributed by atoms with Crippen molar-refractivity contribution >= 4 is 0 Å². The monoisotopic (exact) mass is 260 g/mol. The molecule has 0 saturated heterocycles. The number of hydrogen-bond acceptors (Lipinski definition) is 4. The van der Waals surface area contributed by atoms with E-state index in [0.717, 1.165) is 5.56 Å². The molecular weight excluding hydrogens is 248 g/mol. The molecule has 1 aromatic rings. The van der Waals surface area contributed by atoms with Gasteiger partial charge in [0.1, 0.15) is 0 Å². The van der Waals surface area contributed by atoms with Crippen molar-refractivity contribution in [1.82, 2.24) is 0 Å². The molecule has 0 unspecified atom stereocenters. The highest BCUT2D eigenvalue weighted by atomic mass is 14.8. The third-order valence-corrected chi connectivity index (χ3v) is 4.05. The van der Waals surface area contributed by atoms with Crippen molar-refractivity contribution in [3.63, 3.8) is 0 Å². The third kappa shape index (κ3) is 1.43. The van der Waals surface area contributed by atoms with E-state index in [0.29, 0.717) is 11.5 Å². The number of nitrogens with zero attached hydrogens (tertiary/aromatic N) is 4. The van der Waals surface area contributed by atoms with Crippen LogP contribution in [0.2, 0.25) is 0 Å². The summed E-state index contributed by atoms with van der Waals surface area (Å²) in [5, 5.41) is 37.0. The summed E-state index contributed by atoms with van der Waals surface area (Å²) >= 11 is 0. The Morgan fingerprint density at radius 2 is 1.25 bits per heavy atom. The predicted molar refractivity (Wildman–Crippen MR) is 70.6 cm³/mol. The molecular formula is C16H12N4. The molecule has 4 nitrogen and oxygen atoms in total. The SMILES string of the molecule is CC(C)c1ccc(C2C(C#N)(C#N)C2(C#N)C#N)cc1. The molecule has 1 saturated carbocycles. The Kier molecular flexibility index (Phi) is 2.98. The van der Waals surface area contributed by atoms with Gasteiger partial charge in [-0.1, -0.05) is 38.1 Å². The molecule has 0 N–H and O–H groups in total. The molecule has 96 valence electrons. The Morgan fingerprint density at radius 3 is 1.55 bits per heavy atom. The van der Waals surface area contributed by atoms with E-state index in [1.807, 2.05) is 36.4 Å². The molecule has 0 aromatic heterocycles. The van der Waals surface area contributed by atoms with E-state index >= 15 is 0 Å². The van der Waals surface area contributed by atoms with E-state index in [9.17, 15) is 21.0 Å². The van der Waals surface area contributed by atoms with Crippen molar-refractivity contribution in [2.24, 2.45) is 10.8 Å². The maximum atomic E-state index is 9.25. The van der Waals surface area contributed by atoms with Crippen molar-refractivity contribution in [3.05, 3.63) is 35.4 Å². The first-order chi connectivity index (χ1) is 9.52. The standard InChI is InChI=1S/C16H12N4/c1-11(2)12-3-5-13(6-4-12)14-15(7-17,8-18)16(14,9-19)10-20/h3-6,11,14H,1-2H3. The van der Waals surface area contributed by atoms with E-state index in [1.165, 1.54) is 0 Å². The molecule has 0 radical (unpaired) electrons. The van der Waals surface area contributed by atoms with Crippen LogP contribution in [0.3, 0.4) is 0 Å². The van der Waals surface area contributed by atoms with Gasteiger partial charge >= 0.3 is 0 Å². The fourth-order valence-corrected chi connectivity index (χ4v) is 2.71. The summed E-state index contributed by atoms with van der Waals surface area (Å²) in [7, 11) is 0. The zero-order valence-electron chi connectivity index (χ0n) is 11.3. The van der Waals surface area contributed by atoms with Crippen molar-refractivity contribution < 1.29 is 0 Å². The van der Waals surface area contributed by atoms with Gasteiger partial charge in [0.25, 0.3) is 0 Å². The second-order valence-corrected chi connectivity index (χ2v) is 5.32. The van der Waals surface area contributed by atoms with Gasteiger partial charge in [-0.3, -0.25) is 0 Å². The van der Waals surface area contributed by atoms with Gasteiger partial charge in [-0.05, 0) is 17.0 Å². The zero-order chi connectivity index (χ0) is 15.0. The summed E-state index contributed by atoms with van der Waals surface area (Å²) in [4.78, 5) is 0. The first-order valence-electron chi connectivity index (χ1n) is 6.28. The van der Waals surface area contributed by atoms with Gasteiger partial charge in [-0.15, -0.1) is 0 Å². The lowest BCUT2D eigenvalue weighted by molar-refractivity contribution is 0.727. The van der Waals surface area contributed by atoms with E-state index < -0.39 is 16.7 Å². The molecule has 4 heteroatoms. The second-order valence-electron chi connectivity index (χ2n) is 5.32. The van der Waals surface area contributed by atoms with Crippen molar-refractivity contribution in [2.45, 2.75) is 25.7 Å². The van der Waals surface area contributed by atoms with Crippen molar-refractivity contribution in [1.29, 1.82) is 21.0 Å². The van der Waals surface area contributed by atoms with Crippen LogP contribution in [0.5, 0.6) is 0 Å². The van der Waals surface area contributed by atoms with Crippen LogP contribution in [-0.2, 0) is 0 Å². The summed E-state index contributed by atoms with van der Waals surface area (Å²) in [6, 6.07) is 14.9. The minimum Gasteiger partial charge on any atom is -0.196 e. The lowest BCUT2D eigenvalue weighted by atomic mass is 9.97. The van der Waals surface area contributed by atoms with Gasteiger partial charge in [0, 0.05) is 0 Å². The first kappa shape index (κ1) is 13.6. The molecule has 2 rings (SSSR count). The third-order valence-electron chi connectivity index (χ3n) is 4.05. The molecule has 1 aromatic carbocycles. The fraction of sp³-hybridized carbons (Fsp3) is 0.375. The normalized spacial score (nSPS) is 18.4. The van der Waals surface area contributed by atoms with Crippen LogP contribution in [0.1, 0.15) is 36.8 Å². The Hall–Kier alpha value is -2.82. The summed E-state index contributed by atoms with van der Waals surface area (Å²) in [5.41, 5.74) is -1.29. The molecule has 0 amide bonds. The molecule has 0 aliphatic heterocycles. The van der Waals surface area contributed by atoms with Gasteiger partial charge in [-0.2, -0.15) is 21.0 Å². The van der Waals surface area contributed by atoms with E-state index in [1.54, 1.807) is 12.1 Å². The number of rotatable bonds is 2. The van der Waals surface area contributed by atoms with Gasteiger partial charge in [0.15, 0.2) is 10.8 Å². The van der Waals surface area contributed by atoms with Gasteiger partial charge < -0.3 is 0 Å². The second kappa shape index (κ2) is 4.38. The zero-order valence-corrected chi connectivity index (χ0v) is 11.3. The maximum absolute atomic E-state index is 9.25. The van der Waals surface area contributed by atoms with Crippen molar-refractivity contribution in [3.8, 4) is 24.3 Å². The lowest BCUT2D eigenvalue weighted by Gasteiger charge is -2.06. The van der Waals surface area contributed by atoms with Gasteiger partial charge in [-0.25, -0.2) is 0 Å². The molecule has 1 aliphatic rings. The van der Waals surface area contributed by atoms with E-state index in [-0.39, 0.29) is 0 Å². The summed E-state index contributed by atoms with van der Waals surface area (Å²) in [6.07, 6.45) is 0. The molecule has 0 spiro atoms. The highest BCUT2D eigenvalue weighted by Gasteiger charge is 2.81. The quantitative estimate of drug-likeness (QED) is 0.816. The molecule has 1 aliphatic carbocycles. The Balaban J connectivity index is 2.50. The number of hydrogen-bond donors (Lipinski definition) is 0. The molecule has 20 heavy (non-hydrogen) atoms. The topological polar surface area (TPSA) is 95.2 Å². The highest BCUT2D eigenvalue weighted by Crippen LogP contribution is 2.73. The number of nitriles is 4. The molecule has 0 heterocycles. The largest absolute Gasteiger partial charge is 0.196 e. The average Bonchev–Trinajstić information content (AvgIpc) is 3.10. The van der Waals surface area contributed by atoms with E-state index in [4.69, 9.17) is 0 Å². The van der Waals surface area contributed by atoms with Crippen LogP contribution in [0.15, 0.2) is 24.3 Å². The molecule has 1 fully saturated rings. The van der Waals surface area contributed by atoms with Gasteiger partial charge in [0.2, 0.25) is 0 Å². The van der Waals surface area contributed by atoms with Crippen LogP contribution in [0.25, 0.3) is 0 Å². The highest BCUT2D eigenvalue weighted by molar-refractivity contribution is 5.59. The molecule has 0 bridgehead atoms. The Labute approximate surface area is 118 Å². The average molecular weight is 260 g/mol. The summed E-state index contributed by atoms with van der Waals surface area (Å²) in [5.74, 6) is -0.294. The van der Waals surface area contributed by atoms with E-state index in [2.05, 4.69) is 13.8 Å². The summed E-state index contributed by atoms with van der Waals surface area (Å²) in [6.45, 7) is 4.13. The van der Waals surface area contributed by atoms with Crippen LogP contribution in [-0.4, -0.2) is 0 Å². The Morgan fingerprint density at radius 1 is 0.850 bits per heavy atom. The summed E-state index contributed by atoms with van der Waals surface area (Å²) < 4.78 is 0. The minimum absolute atomic E-state index is 0.372. The lowest BCUT2D eigenvalue weighted by Crippen LogP contribution is -2.05.